The molecule has 0 bridgehead atoms. The summed E-state index contributed by atoms with van der Waals surface area (Å²) in [5.41, 5.74) is 0.592. The average molecular weight is 333 g/mol. The van der Waals surface area contributed by atoms with Crippen LogP contribution in [-0.2, 0) is 9.59 Å². The maximum Gasteiger partial charge on any atom is 0.306 e. The number of halogens is 1. The van der Waals surface area contributed by atoms with Crippen LogP contribution in [-0.4, -0.2) is 28.4 Å². The predicted molar refractivity (Wildman–Crippen MR) is 87.7 cm³/mol. The third-order valence-electron chi connectivity index (χ3n) is 5.48. The number of likely N-dealkylation sites (tertiary alicyclic amines) is 1. The molecule has 1 saturated carbocycles. The van der Waals surface area contributed by atoms with Gasteiger partial charge in [-0.15, -0.1) is 0 Å². The number of nitrogens with zero attached hydrogens (tertiary/aromatic N) is 1. The third kappa shape index (κ3) is 3.30. The van der Waals surface area contributed by atoms with Gasteiger partial charge >= 0.3 is 5.97 Å². The fraction of sp³-hybridized carbons (Fsp3) is 0.579. The topological polar surface area (TPSA) is 57.6 Å². The van der Waals surface area contributed by atoms with Crippen molar-refractivity contribution >= 4 is 11.9 Å². The van der Waals surface area contributed by atoms with E-state index < -0.39 is 5.97 Å². The number of hydrogen-bond donors (Lipinski definition) is 1. The normalized spacial score (nSPS) is 30.3. The van der Waals surface area contributed by atoms with Gasteiger partial charge in [-0.05, 0) is 44.1 Å². The summed E-state index contributed by atoms with van der Waals surface area (Å²) in [6.07, 6.45) is 3.12. The van der Waals surface area contributed by atoms with Gasteiger partial charge in [-0.2, -0.15) is 0 Å². The number of carboxylic acids is 1. The molecule has 2 aliphatic rings. The lowest BCUT2D eigenvalue weighted by molar-refractivity contribution is -0.146. The van der Waals surface area contributed by atoms with Gasteiger partial charge in [0, 0.05) is 18.0 Å². The Hall–Kier alpha value is -1.91. The summed E-state index contributed by atoms with van der Waals surface area (Å²) < 4.78 is 14.2. The van der Waals surface area contributed by atoms with Gasteiger partial charge in [0.1, 0.15) is 5.82 Å². The van der Waals surface area contributed by atoms with Crippen LogP contribution in [0.1, 0.15) is 50.6 Å². The summed E-state index contributed by atoms with van der Waals surface area (Å²) in [7, 11) is 0. The molecule has 3 rings (SSSR count). The Labute approximate surface area is 141 Å². The van der Waals surface area contributed by atoms with Gasteiger partial charge < -0.3 is 10.0 Å². The lowest BCUT2D eigenvalue weighted by atomic mass is 9.81. The number of carbonyl (C=O) groups excluding carboxylic acids is 1. The first-order valence-corrected chi connectivity index (χ1v) is 8.75. The molecule has 130 valence electrons. The average Bonchev–Trinajstić information content (AvgIpc) is 2.96. The fourth-order valence-corrected chi connectivity index (χ4v) is 4.15. The lowest BCUT2D eigenvalue weighted by Crippen LogP contribution is -2.38. The Morgan fingerprint density at radius 2 is 1.75 bits per heavy atom. The van der Waals surface area contributed by atoms with Gasteiger partial charge in [0.05, 0.1) is 12.0 Å². The molecule has 0 spiro atoms. The van der Waals surface area contributed by atoms with Crippen LogP contribution in [0.2, 0.25) is 0 Å². The molecule has 4 nitrogen and oxygen atoms in total. The quantitative estimate of drug-likeness (QED) is 0.919. The van der Waals surface area contributed by atoms with E-state index in [0.717, 1.165) is 6.42 Å². The zero-order valence-electron chi connectivity index (χ0n) is 14.0. The Bertz CT molecular complexity index is 625. The van der Waals surface area contributed by atoms with Crippen molar-refractivity contribution < 1.29 is 19.1 Å². The van der Waals surface area contributed by atoms with Crippen LogP contribution in [0.25, 0.3) is 0 Å². The van der Waals surface area contributed by atoms with E-state index in [0.29, 0.717) is 43.7 Å². The summed E-state index contributed by atoms with van der Waals surface area (Å²) in [5.74, 6) is -1.07. The van der Waals surface area contributed by atoms with Crippen molar-refractivity contribution in [3.63, 3.8) is 0 Å². The van der Waals surface area contributed by atoms with Crippen LogP contribution in [0.5, 0.6) is 0 Å². The van der Waals surface area contributed by atoms with E-state index in [4.69, 9.17) is 5.11 Å². The van der Waals surface area contributed by atoms with Gasteiger partial charge in [-0.1, -0.05) is 25.1 Å². The molecule has 1 aromatic rings. The zero-order valence-corrected chi connectivity index (χ0v) is 14.0. The number of carboxylic acid groups (broad SMARTS) is 1. The fourth-order valence-electron chi connectivity index (χ4n) is 4.15. The number of carbonyl (C=O) groups is 2. The van der Waals surface area contributed by atoms with E-state index in [9.17, 15) is 14.0 Å². The first-order chi connectivity index (χ1) is 11.5. The summed E-state index contributed by atoms with van der Waals surface area (Å²) >= 11 is 0. The first kappa shape index (κ1) is 16.9. The van der Waals surface area contributed by atoms with Crippen LogP contribution in [0, 0.1) is 23.6 Å². The minimum atomic E-state index is -0.764. The van der Waals surface area contributed by atoms with Gasteiger partial charge in [0.2, 0.25) is 5.91 Å². The Morgan fingerprint density at radius 3 is 2.38 bits per heavy atom. The molecule has 0 aromatic heterocycles. The lowest BCUT2D eigenvalue weighted by Gasteiger charge is -2.32. The largest absolute Gasteiger partial charge is 0.481 e. The molecule has 2 unspecified atom stereocenters. The van der Waals surface area contributed by atoms with E-state index in [2.05, 4.69) is 6.92 Å². The van der Waals surface area contributed by atoms with E-state index in [1.54, 1.807) is 12.1 Å². The molecule has 1 heterocycles. The highest BCUT2D eigenvalue weighted by atomic mass is 19.1. The maximum atomic E-state index is 14.2. The van der Waals surface area contributed by atoms with Crippen LogP contribution in [0.4, 0.5) is 4.39 Å². The molecular formula is C19H24FNO3. The SMILES string of the molecule is CC1CC(c2ccccc2F)N(C(=O)C2CCC(C(=O)O)CC2)C1. The second-order valence-electron chi connectivity index (χ2n) is 7.26. The van der Waals surface area contributed by atoms with Crippen LogP contribution in [0.15, 0.2) is 24.3 Å². The van der Waals surface area contributed by atoms with Crippen LogP contribution >= 0.6 is 0 Å². The number of hydrogen-bond acceptors (Lipinski definition) is 2. The maximum absolute atomic E-state index is 14.2. The molecular weight excluding hydrogens is 309 g/mol. The van der Waals surface area contributed by atoms with E-state index in [1.165, 1.54) is 6.07 Å². The molecule has 2 fully saturated rings. The van der Waals surface area contributed by atoms with E-state index >= 15 is 0 Å². The zero-order chi connectivity index (χ0) is 17.3. The van der Waals surface area contributed by atoms with Crippen molar-refractivity contribution in [1.82, 2.24) is 4.90 Å². The van der Waals surface area contributed by atoms with Gasteiger partial charge in [0.15, 0.2) is 0 Å². The Balaban J connectivity index is 1.74. The van der Waals surface area contributed by atoms with Crippen molar-refractivity contribution in [2.75, 3.05) is 6.54 Å². The monoisotopic (exact) mass is 333 g/mol. The van der Waals surface area contributed by atoms with Crippen molar-refractivity contribution in [2.24, 2.45) is 17.8 Å². The molecule has 1 aromatic carbocycles. The van der Waals surface area contributed by atoms with Crippen molar-refractivity contribution in [2.45, 2.75) is 45.1 Å². The summed E-state index contributed by atoms with van der Waals surface area (Å²) in [6.45, 7) is 2.74. The minimum absolute atomic E-state index is 0.0661. The molecule has 1 aliphatic heterocycles. The van der Waals surface area contributed by atoms with E-state index in [1.807, 2.05) is 11.0 Å². The van der Waals surface area contributed by atoms with E-state index in [-0.39, 0.29) is 29.6 Å². The Morgan fingerprint density at radius 1 is 1.12 bits per heavy atom. The summed E-state index contributed by atoms with van der Waals surface area (Å²) in [4.78, 5) is 25.9. The predicted octanol–water partition coefficient (Wildman–Crippen LogP) is 3.63. The van der Waals surface area contributed by atoms with Crippen molar-refractivity contribution in [1.29, 1.82) is 0 Å². The first-order valence-electron chi connectivity index (χ1n) is 8.75. The molecule has 5 heteroatoms. The van der Waals surface area contributed by atoms with Gasteiger partial charge in [0.25, 0.3) is 0 Å². The van der Waals surface area contributed by atoms with Crippen molar-refractivity contribution in [3.05, 3.63) is 35.6 Å². The second kappa shape index (κ2) is 6.91. The molecule has 1 amide bonds. The van der Waals surface area contributed by atoms with Gasteiger partial charge in [-0.25, -0.2) is 4.39 Å². The minimum Gasteiger partial charge on any atom is -0.481 e. The van der Waals surface area contributed by atoms with Crippen LogP contribution < -0.4 is 0 Å². The number of rotatable bonds is 3. The highest BCUT2D eigenvalue weighted by molar-refractivity contribution is 5.80. The molecule has 1 N–H and O–H groups in total. The number of benzene rings is 1. The standard InChI is InChI=1S/C19H24FNO3/c1-12-10-17(15-4-2-3-5-16(15)20)21(11-12)18(22)13-6-8-14(9-7-13)19(23)24/h2-5,12-14,17H,6-11H2,1H3,(H,23,24). The smallest absolute Gasteiger partial charge is 0.306 e. The molecule has 0 radical (unpaired) electrons. The highest BCUT2D eigenvalue weighted by Gasteiger charge is 2.39. The summed E-state index contributed by atoms with van der Waals surface area (Å²) in [6, 6.07) is 6.48. The van der Waals surface area contributed by atoms with Gasteiger partial charge in [-0.3, -0.25) is 9.59 Å². The summed E-state index contributed by atoms with van der Waals surface area (Å²) in [5, 5.41) is 9.09. The number of amides is 1. The molecule has 2 atom stereocenters. The van der Waals surface area contributed by atoms with Crippen molar-refractivity contribution in [3.8, 4) is 0 Å². The number of aliphatic carboxylic acids is 1. The highest BCUT2D eigenvalue weighted by Crippen LogP contribution is 2.39. The molecule has 1 aliphatic carbocycles. The molecule has 24 heavy (non-hydrogen) atoms. The molecule has 1 saturated heterocycles. The third-order valence-corrected chi connectivity index (χ3v) is 5.48. The second-order valence-corrected chi connectivity index (χ2v) is 7.26. The Kier molecular flexibility index (Phi) is 4.88. The van der Waals surface area contributed by atoms with Crippen LogP contribution in [0.3, 0.4) is 0 Å².